The summed E-state index contributed by atoms with van der Waals surface area (Å²) in [5, 5.41) is 9.16. The van der Waals surface area contributed by atoms with E-state index in [-0.39, 0.29) is 22.9 Å². The Labute approximate surface area is 191 Å². The van der Waals surface area contributed by atoms with Crippen molar-refractivity contribution in [1.29, 1.82) is 5.26 Å². The van der Waals surface area contributed by atoms with Gasteiger partial charge in [-0.05, 0) is 43.2 Å². The van der Waals surface area contributed by atoms with Crippen LogP contribution >= 0.6 is 22.9 Å². The molecule has 2 saturated heterocycles. The summed E-state index contributed by atoms with van der Waals surface area (Å²) in [6.07, 6.45) is 1.87. The second-order valence-corrected chi connectivity index (χ2v) is 11.4. The van der Waals surface area contributed by atoms with Crippen molar-refractivity contribution in [2.24, 2.45) is 0 Å². The van der Waals surface area contributed by atoms with Crippen molar-refractivity contribution in [3.8, 4) is 6.07 Å². The Hall–Kier alpha value is -1.96. The van der Waals surface area contributed by atoms with E-state index in [1.165, 1.54) is 27.8 Å². The van der Waals surface area contributed by atoms with Crippen LogP contribution in [-0.4, -0.2) is 67.2 Å². The first kappa shape index (κ1) is 22.2. The molecule has 164 valence electrons. The van der Waals surface area contributed by atoms with Crippen LogP contribution in [0.5, 0.6) is 0 Å². The fraction of sp³-hybridized carbons (Fsp3) is 0.429. The summed E-state index contributed by atoms with van der Waals surface area (Å²) in [6, 6.07) is 11.0. The molecule has 2 aromatic rings. The van der Waals surface area contributed by atoms with Gasteiger partial charge in [-0.2, -0.15) is 9.57 Å². The van der Waals surface area contributed by atoms with E-state index in [4.69, 9.17) is 16.9 Å². The highest BCUT2D eigenvalue weighted by atomic mass is 35.5. The first-order chi connectivity index (χ1) is 14.9. The standard InChI is InChI=1S/C21H23ClN4O3S2/c22-20-7-6-17(30-20)14-24-10-11-26(19(15-24)21(27)25-8-1-2-9-25)31(28,29)18-5-3-4-16(12-18)13-23/h3-7,12,19H,1-2,8-11,14-15H2. The molecular formula is C21H23ClN4O3S2. The zero-order chi connectivity index (χ0) is 22.0. The van der Waals surface area contributed by atoms with Gasteiger partial charge < -0.3 is 4.90 Å². The molecule has 0 N–H and O–H groups in total. The van der Waals surface area contributed by atoms with Crippen LogP contribution in [0, 0.1) is 11.3 Å². The molecule has 0 bridgehead atoms. The van der Waals surface area contributed by atoms with Gasteiger partial charge in [0.1, 0.15) is 6.04 Å². The van der Waals surface area contributed by atoms with E-state index in [9.17, 15) is 13.2 Å². The number of carbonyl (C=O) groups is 1. The number of carbonyl (C=O) groups excluding carboxylic acids is 1. The van der Waals surface area contributed by atoms with E-state index in [0.29, 0.717) is 37.1 Å². The molecule has 2 aliphatic heterocycles. The predicted molar refractivity (Wildman–Crippen MR) is 119 cm³/mol. The molecule has 0 spiro atoms. The Bertz CT molecular complexity index is 1110. The fourth-order valence-corrected chi connectivity index (χ4v) is 6.86. The van der Waals surface area contributed by atoms with Gasteiger partial charge in [0.15, 0.2) is 0 Å². The molecule has 31 heavy (non-hydrogen) atoms. The number of hydrogen-bond donors (Lipinski definition) is 0. The number of amides is 1. The average Bonchev–Trinajstić information content (AvgIpc) is 3.45. The van der Waals surface area contributed by atoms with Gasteiger partial charge in [0, 0.05) is 44.1 Å². The Kier molecular flexibility index (Phi) is 6.65. The summed E-state index contributed by atoms with van der Waals surface area (Å²) in [5.74, 6) is -0.147. The summed E-state index contributed by atoms with van der Waals surface area (Å²) >= 11 is 7.54. The molecule has 1 amide bonds. The zero-order valence-corrected chi connectivity index (χ0v) is 19.3. The number of hydrogen-bond acceptors (Lipinski definition) is 6. The third-order valence-electron chi connectivity index (χ3n) is 5.70. The summed E-state index contributed by atoms with van der Waals surface area (Å²) in [4.78, 5) is 18.3. The Morgan fingerprint density at radius 2 is 1.94 bits per heavy atom. The lowest BCUT2D eigenvalue weighted by Crippen LogP contribution is -2.60. The SMILES string of the molecule is N#Cc1cccc(S(=O)(=O)N2CCN(Cc3ccc(Cl)s3)CC2C(=O)N2CCCC2)c1. The number of benzene rings is 1. The smallest absolute Gasteiger partial charge is 0.243 e. The second-order valence-electron chi connectivity index (χ2n) is 7.74. The van der Waals surface area contributed by atoms with Crippen molar-refractivity contribution < 1.29 is 13.2 Å². The number of nitriles is 1. The quantitative estimate of drug-likeness (QED) is 0.659. The lowest BCUT2D eigenvalue weighted by atomic mass is 10.1. The van der Waals surface area contributed by atoms with E-state index in [0.717, 1.165) is 17.7 Å². The van der Waals surface area contributed by atoms with E-state index in [1.807, 2.05) is 18.2 Å². The number of halogens is 1. The van der Waals surface area contributed by atoms with Gasteiger partial charge in [-0.1, -0.05) is 17.7 Å². The number of sulfonamides is 1. The van der Waals surface area contributed by atoms with Crippen LogP contribution in [0.1, 0.15) is 23.3 Å². The summed E-state index contributed by atoms with van der Waals surface area (Å²) in [6.45, 7) is 2.99. The van der Waals surface area contributed by atoms with E-state index in [1.54, 1.807) is 17.0 Å². The zero-order valence-electron chi connectivity index (χ0n) is 16.9. The molecule has 2 aliphatic rings. The monoisotopic (exact) mass is 478 g/mol. The van der Waals surface area contributed by atoms with Crippen molar-refractivity contribution in [3.05, 3.63) is 51.2 Å². The summed E-state index contributed by atoms with van der Waals surface area (Å²) < 4.78 is 29.0. The fourth-order valence-electron chi connectivity index (χ4n) is 4.12. The van der Waals surface area contributed by atoms with Gasteiger partial charge >= 0.3 is 0 Å². The summed E-state index contributed by atoms with van der Waals surface area (Å²) in [5.41, 5.74) is 0.275. The van der Waals surface area contributed by atoms with Gasteiger partial charge in [0.05, 0.1) is 20.9 Å². The molecule has 1 unspecified atom stereocenters. The number of piperazine rings is 1. The Morgan fingerprint density at radius 3 is 2.61 bits per heavy atom. The normalized spacial score (nSPS) is 20.6. The molecule has 1 aromatic carbocycles. The first-order valence-electron chi connectivity index (χ1n) is 10.2. The van der Waals surface area contributed by atoms with Crippen molar-refractivity contribution in [2.45, 2.75) is 30.3 Å². The number of thiophene rings is 1. The van der Waals surface area contributed by atoms with Crippen LogP contribution in [0.25, 0.3) is 0 Å². The average molecular weight is 479 g/mol. The number of nitrogens with zero attached hydrogens (tertiary/aromatic N) is 4. The van der Waals surface area contributed by atoms with Crippen LogP contribution in [0.15, 0.2) is 41.3 Å². The third-order valence-corrected chi connectivity index (χ3v) is 8.82. The Morgan fingerprint density at radius 1 is 1.16 bits per heavy atom. The van der Waals surface area contributed by atoms with E-state index >= 15 is 0 Å². The van der Waals surface area contributed by atoms with Gasteiger partial charge in [0.2, 0.25) is 15.9 Å². The molecule has 0 saturated carbocycles. The molecule has 0 aliphatic carbocycles. The maximum atomic E-state index is 13.5. The van der Waals surface area contributed by atoms with Crippen molar-refractivity contribution in [2.75, 3.05) is 32.7 Å². The van der Waals surface area contributed by atoms with Crippen LogP contribution in [0.2, 0.25) is 4.34 Å². The lowest BCUT2D eigenvalue weighted by Gasteiger charge is -2.40. The van der Waals surface area contributed by atoms with Gasteiger partial charge in [-0.25, -0.2) is 8.42 Å². The minimum absolute atomic E-state index is 0.0456. The van der Waals surface area contributed by atoms with E-state index < -0.39 is 16.1 Å². The third kappa shape index (κ3) is 4.78. The van der Waals surface area contributed by atoms with Crippen molar-refractivity contribution in [3.63, 3.8) is 0 Å². The van der Waals surface area contributed by atoms with Crippen molar-refractivity contribution >= 4 is 38.9 Å². The van der Waals surface area contributed by atoms with Crippen LogP contribution < -0.4 is 0 Å². The van der Waals surface area contributed by atoms with Gasteiger partial charge in [-0.3, -0.25) is 9.69 Å². The molecule has 3 heterocycles. The number of rotatable bonds is 5. The lowest BCUT2D eigenvalue weighted by molar-refractivity contribution is -0.136. The number of likely N-dealkylation sites (tertiary alicyclic amines) is 1. The maximum absolute atomic E-state index is 13.5. The highest BCUT2D eigenvalue weighted by Gasteiger charge is 2.42. The van der Waals surface area contributed by atoms with E-state index in [2.05, 4.69) is 4.90 Å². The largest absolute Gasteiger partial charge is 0.341 e. The first-order valence-corrected chi connectivity index (χ1v) is 12.8. The minimum atomic E-state index is -3.92. The highest BCUT2D eigenvalue weighted by molar-refractivity contribution is 7.89. The van der Waals surface area contributed by atoms with Crippen LogP contribution in [-0.2, 0) is 21.4 Å². The predicted octanol–water partition coefficient (Wildman–Crippen LogP) is 2.77. The second kappa shape index (κ2) is 9.27. The van der Waals surface area contributed by atoms with Gasteiger partial charge in [0.25, 0.3) is 0 Å². The van der Waals surface area contributed by atoms with Crippen LogP contribution in [0.4, 0.5) is 0 Å². The molecule has 10 heteroatoms. The summed E-state index contributed by atoms with van der Waals surface area (Å²) in [7, 11) is -3.92. The minimum Gasteiger partial charge on any atom is -0.341 e. The molecule has 1 atom stereocenters. The van der Waals surface area contributed by atoms with Crippen molar-refractivity contribution in [1.82, 2.24) is 14.1 Å². The maximum Gasteiger partial charge on any atom is 0.243 e. The molecular weight excluding hydrogens is 456 g/mol. The molecule has 0 radical (unpaired) electrons. The highest BCUT2D eigenvalue weighted by Crippen LogP contribution is 2.27. The molecule has 2 fully saturated rings. The Balaban J connectivity index is 1.62. The van der Waals surface area contributed by atoms with Crippen LogP contribution in [0.3, 0.4) is 0 Å². The molecule has 4 rings (SSSR count). The van der Waals surface area contributed by atoms with Gasteiger partial charge in [-0.15, -0.1) is 11.3 Å². The topological polar surface area (TPSA) is 84.7 Å². The molecule has 7 nitrogen and oxygen atoms in total. The molecule has 1 aromatic heterocycles.